The largest absolute Gasteiger partial charge is 0.379 e. The lowest BCUT2D eigenvalue weighted by molar-refractivity contribution is 0.0924. The Morgan fingerprint density at radius 3 is 3.21 bits per heavy atom. The summed E-state index contributed by atoms with van der Waals surface area (Å²) in [5, 5.41) is 6.89. The Balaban J connectivity index is 1.95. The van der Waals surface area contributed by atoms with Gasteiger partial charge in [0.25, 0.3) is 5.91 Å². The summed E-state index contributed by atoms with van der Waals surface area (Å²) >= 11 is 0. The molecule has 5 nitrogen and oxygen atoms in total. The van der Waals surface area contributed by atoms with E-state index in [2.05, 4.69) is 10.4 Å². The average molecular weight is 195 g/mol. The predicted molar refractivity (Wildman–Crippen MR) is 49.9 cm³/mol. The highest BCUT2D eigenvalue weighted by atomic mass is 16.5. The number of carbonyl (C=O) groups excluding carboxylic acids is 1. The molecule has 2 heterocycles. The number of nitrogens with one attached hydrogen (secondary N) is 1. The molecule has 0 aliphatic carbocycles. The molecule has 1 saturated heterocycles. The van der Waals surface area contributed by atoms with Crippen LogP contribution in [0.1, 0.15) is 16.9 Å². The maximum absolute atomic E-state index is 11.6. The lowest BCUT2D eigenvalue weighted by atomic mass is 10.2. The topological polar surface area (TPSA) is 56.2 Å². The number of amides is 1. The Labute approximate surface area is 82.0 Å². The van der Waals surface area contributed by atoms with Crippen LogP contribution in [0.4, 0.5) is 0 Å². The van der Waals surface area contributed by atoms with Gasteiger partial charge in [-0.05, 0) is 12.5 Å². The van der Waals surface area contributed by atoms with Gasteiger partial charge in [0, 0.05) is 19.9 Å². The van der Waals surface area contributed by atoms with Gasteiger partial charge in [0.2, 0.25) is 0 Å². The molecule has 0 bridgehead atoms. The summed E-state index contributed by atoms with van der Waals surface area (Å²) in [6, 6.07) is 1.84. The molecule has 0 spiro atoms. The fourth-order valence-corrected chi connectivity index (χ4v) is 1.44. The van der Waals surface area contributed by atoms with Gasteiger partial charge in [-0.1, -0.05) is 0 Å². The number of ether oxygens (including phenoxy) is 1. The van der Waals surface area contributed by atoms with Crippen LogP contribution in [0.2, 0.25) is 0 Å². The summed E-state index contributed by atoms with van der Waals surface area (Å²) in [7, 11) is 1.79. The summed E-state index contributed by atoms with van der Waals surface area (Å²) in [5.41, 5.74) is 0.458. The summed E-state index contributed by atoms with van der Waals surface area (Å²) in [6.07, 6.45) is 2.64. The SMILES string of the molecule is Cn1ccc(C(=O)NC2CCOC2)n1. The first-order chi connectivity index (χ1) is 6.75. The number of rotatable bonds is 2. The second-order valence-electron chi connectivity index (χ2n) is 3.41. The van der Waals surface area contributed by atoms with Crippen LogP contribution in [-0.2, 0) is 11.8 Å². The Kier molecular flexibility index (Phi) is 2.49. The molecule has 1 atom stereocenters. The number of aryl methyl sites for hydroxylation is 1. The quantitative estimate of drug-likeness (QED) is 0.719. The van der Waals surface area contributed by atoms with E-state index in [1.807, 2.05) is 0 Å². The molecule has 1 amide bonds. The molecule has 5 heteroatoms. The van der Waals surface area contributed by atoms with Crippen molar-refractivity contribution in [3.63, 3.8) is 0 Å². The maximum atomic E-state index is 11.6. The van der Waals surface area contributed by atoms with E-state index in [4.69, 9.17) is 4.74 Å². The minimum absolute atomic E-state index is 0.124. The van der Waals surface area contributed by atoms with Gasteiger partial charge in [-0.2, -0.15) is 5.10 Å². The molecule has 1 aliphatic heterocycles. The van der Waals surface area contributed by atoms with E-state index in [0.717, 1.165) is 13.0 Å². The van der Waals surface area contributed by atoms with E-state index < -0.39 is 0 Å². The molecular formula is C9H13N3O2. The minimum atomic E-state index is -0.124. The molecule has 0 radical (unpaired) electrons. The number of hydrogen-bond donors (Lipinski definition) is 1. The normalized spacial score (nSPS) is 21.1. The fourth-order valence-electron chi connectivity index (χ4n) is 1.44. The van der Waals surface area contributed by atoms with Crippen LogP contribution in [0, 0.1) is 0 Å². The first-order valence-corrected chi connectivity index (χ1v) is 4.64. The van der Waals surface area contributed by atoms with Gasteiger partial charge in [0.05, 0.1) is 12.6 Å². The van der Waals surface area contributed by atoms with Gasteiger partial charge in [0.15, 0.2) is 0 Å². The Hall–Kier alpha value is -1.36. The highest BCUT2D eigenvalue weighted by molar-refractivity contribution is 5.92. The van der Waals surface area contributed by atoms with Crippen LogP contribution in [0.3, 0.4) is 0 Å². The van der Waals surface area contributed by atoms with Crippen molar-refractivity contribution in [3.05, 3.63) is 18.0 Å². The second-order valence-corrected chi connectivity index (χ2v) is 3.41. The molecule has 1 aromatic heterocycles. The Morgan fingerprint density at radius 2 is 2.64 bits per heavy atom. The Bertz CT molecular complexity index is 329. The van der Waals surface area contributed by atoms with Gasteiger partial charge in [-0.25, -0.2) is 0 Å². The van der Waals surface area contributed by atoms with E-state index in [-0.39, 0.29) is 11.9 Å². The van der Waals surface area contributed by atoms with Crippen molar-refractivity contribution in [2.45, 2.75) is 12.5 Å². The van der Waals surface area contributed by atoms with Gasteiger partial charge in [-0.3, -0.25) is 9.48 Å². The van der Waals surface area contributed by atoms with Crippen LogP contribution in [0.5, 0.6) is 0 Å². The van der Waals surface area contributed by atoms with Crippen molar-refractivity contribution in [2.24, 2.45) is 7.05 Å². The molecule has 1 aromatic rings. The molecule has 14 heavy (non-hydrogen) atoms. The van der Waals surface area contributed by atoms with E-state index in [1.165, 1.54) is 0 Å². The highest BCUT2D eigenvalue weighted by Crippen LogP contribution is 2.04. The zero-order valence-corrected chi connectivity index (χ0v) is 8.06. The third-order valence-electron chi connectivity index (χ3n) is 2.21. The molecule has 0 saturated carbocycles. The first kappa shape index (κ1) is 9.21. The van der Waals surface area contributed by atoms with E-state index in [1.54, 1.807) is 24.0 Å². The lowest BCUT2D eigenvalue weighted by Gasteiger charge is -2.08. The van der Waals surface area contributed by atoms with E-state index in [0.29, 0.717) is 12.3 Å². The molecular weight excluding hydrogens is 182 g/mol. The summed E-state index contributed by atoms with van der Waals surface area (Å²) in [5.74, 6) is -0.124. The van der Waals surface area contributed by atoms with Crippen LogP contribution < -0.4 is 5.32 Å². The monoisotopic (exact) mass is 195 g/mol. The fraction of sp³-hybridized carbons (Fsp3) is 0.556. The smallest absolute Gasteiger partial charge is 0.272 e. The zero-order chi connectivity index (χ0) is 9.97. The van der Waals surface area contributed by atoms with Crippen molar-refractivity contribution < 1.29 is 9.53 Å². The lowest BCUT2D eigenvalue weighted by Crippen LogP contribution is -2.35. The van der Waals surface area contributed by atoms with Gasteiger partial charge >= 0.3 is 0 Å². The van der Waals surface area contributed by atoms with Gasteiger partial charge < -0.3 is 10.1 Å². The summed E-state index contributed by atoms with van der Waals surface area (Å²) < 4.78 is 6.77. The van der Waals surface area contributed by atoms with Crippen molar-refractivity contribution >= 4 is 5.91 Å². The third kappa shape index (κ3) is 1.93. The van der Waals surface area contributed by atoms with Crippen molar-refractivity contribution in [2.75, 3.05) is 13.2 Å². The molecule has 1 N–H and O–H groups in total. The standard InChI is InChI=1S/C9H13N3O2/c1-12-4-2-8(11-12)9(13)10-7-3-5-14-6-7/h2,4,7H,3,5-6H2,1H3,(H,10,13). The van der Waals surface area contributed by atoms with Crippen molar-refractivity contribution in [1.82, 2.24) is 15.1 Å². The zero-order valence-electron chi connectivity index (χ0n) is 8.06. The van der Waals surface area contributed by atoms with Crippen LogP contribution >= 0.6 is 0 Å². The van der Waals surface area contributed by atoms with E-state index >= 15 is 0 Å². The highest BCUT2D eigenvalue weighted by Gasteiger charge is 2.19. The number of aromatic nitrogens is 2. The Morgan fingerprint density at radius 1 is 1.79 bits per heavy atom. The summed E-state index contributed by atoms with van der Waals surface area (Å²) in [4.78, 5) is 11.6. The number of nitrogens with zero attached hydrogens (tertiary/aromatic N) is 2. The van der Waals surface area contributed by atoms with Crippen LogP contribution in [-0.4, -0.2) is 34.9 Å². The minimum Gasteiger partial charge on any atom is -0.379 e. The van der Waals surface area contributed by atoms with Gasteiger partial charge in [-0.15, -0.1) is 0 Å². The summed E-state index contributed by atoms with van der Waals surface area (Å²) in [6.45, 7) is 1.34. The predicted octanol–water partition coefficient (Wildman–Crippen LogP) is -0.0612. The molecule has 1 unspecified atom stereocenters. The number of carbonyl (C=O) groups is 1. The van der Waals surface area contributed by atoms with Crippen molar-refractivity contribution in [1.29, 1.82) is 0 Å². The molecule has 0 aromatic carbocycles. The molecule has 2 rings (SSSR count). The second kappa shape index (κ2) is 3.79. The molecule has 1 aliphatic rings. The van der Waals surface area contributed by atoms with E-state index in [9.17, 15) is 4.79 Å². The van der Waals surface area contributed by atoms with Crippen molar-refractivity contribution in [3.8, 4) is 0 Å². The maximum Gasteiger partial charge on any atom is 0.272 e. The third-order valence-corrected chi connectivity index (χ3v) is 2.21. The average Bonchev–Trinajstić information content (AvgIpc) is 2.75. The van der Waals surface area contributed by atoms with Crippen LogP contribution in [0.15, 0.2) is 12.3 Å². The van der Waals surface area contributed by atoms with Crippen LogP contribution in [0.25, 0.3) is 0 Å². The number of hydrogen-bond acceptors (Lipinski definition) is 3. The first-order valence-electron chi connectivity index (χ1n) is 4.64. The molecule has 1 fully saturated rings. The molecule has 76 valence electrons. The van der Waals surface area contributed by atoms with Gasteiger partial charge in [0.1, 0.15) is 5.69 Å².